The molecule has 19 heteroatoms. The number of amides is 3. The van der Waals surface area contributed by atoms with Crippen molar-refractivity contribution in [2.24, 2.45) is 0 Å². The third-order valence-corrected chi connectivity index (χ3v) is 7.26. The molecule has 324 valence electrons. The molecule has 3 amide bonds. The number of hydrogen-bond donors (Lipinski definition) is 2. The average molecular weight is 817 g/mol. The predicted molar refractivity (Wildman–Crippen MR) is 202 cm³/mol. The number of anilines is 1. The van der Waals surface area contributed by atoms with Gasteiger partial charge in [0.2, 0.25) is 0 Å². The molecule has 0 unspecified atom stereocenters. The predicted octanol–water partition coefficient (Wildman–Crippen LogP) is 0.520. The van der Waals surface area contributed by atoms with Gasteiger partial charge in [0.1, 0.15) is 0 Å². The zero-order valence-corrected chi connectivity index (χ0v) is 32.8. The third kappa shape index (κ3) is 27.8. The molecule has 57 heavy (non-hydrogen) atoms. The van der Waals surface area contributed by atoms with Crippen LogP contribution in [0.2, 0.25) is 0 Å². The quantitative estimate of drug-likeness (QED) is 0.0681. The van der Waals surface area contributed by atoms with Crippen molar-refractivity contribution in [3.05, 3.63) is 42.0 Å². The molecule has 2 rings (SSSR count). The molecule has 0 saturated heterocycles. The number of benzene rings is 1. The van der Waals surface area contributed by atoms with Crippen molar-refractivity contribution in [1.82, 2.24) is 5.32 Å². The van der Waals surface area contributed by atoms with Gasteiger partial charge in [0.25, 0.3) is 17.7 Å². The molecule has 1 aliphatic heterocycles. The molecule has 1 heterocycles. The standard InChI is InChI=1S/C38H60N2O17/c41-35-4-5-36(42)40(35)34-3-1-2-33(32-34)38(45)39-7-9-47-11-13-49-15-17-51-19-21-53-23-25-55-27-29-57-31-30-56-28-26-54-24-22-52-20-18-50-16-14-48-12-10-46-8-6-37(43)44/h1-5,32H,6-31H2,(H,39,45)(H,43,44). The highest BCUT2D eigenvalue weighted by Gasteiger charge is 2.25. The SMILES string of the molecule is O=C(O)CCOCCOCCOCCOCCOCCOCCOCCOCCOCCOCCOCCOCCNC(=O)c1cccc(N2C(=O)C=CC2=O)c1. The second-order valence-electron chi connectivity index (χ2n) is 11.6. The van der Waals surface area contributed by atoms with Gasteiger partial charge in [-0.25, -0.2) is 4.90 Å². The smallest absolute Gasteiger partial charge is 0.305 e. The number of imide groups is 1. The summed E-state index contributed by atoms with van der Waals surface area (Å²) in [4.78, 5) is 47.5. The molecule has 0 atom stereocenters. The molecule has 1 aromatic rings. The van der Waals surface area contributed by atoms with Crippen LogP contribution in [0.4, 0.5) is 5.69 Å². The van der Waals surface area contributed by atoms with E-state index in [2.05, 4.69) is 5.32 Å². The number of rotatable bonds is 41. The van der Waals surface area contributed by atoms with Crippen molar-refractivity contribution in [2.45, 2.75) is 6.42 Å². The lowest BCUT2D eigenvalue weighted by molar-refractivity contribution is -0.138. The summed E-state index contributed by atoms with van der Waals surface area (Å²) in [6.07, 6.45) is 2.37. The van der Waals surface area contributed by atoms with Crippen LogP contribution < -0.4 is 10.2 Å². The van der Waals surface area contributed by atoms with E-state index in [4.69, 9.17) is 61.9 Å². The van der Waals surface area contributed by atoms with Crippen LogP contribution >= 0.6 is 0 Å². The maximum atomic E-state index is 12.4. The molecule has 0 spiro atoms. The Kier molecular flexibility index (Phi) is 31.1. The summed E-state index contributed by atoms with van der Waals surface area (Å²) in [5, 5.41) is 11.2. The Morgan fingerprint density at radius 1 is 0.474 bits per heavy atom. The lowest BCUT2D eigenvalue weighted by Gasteiger charge is -2.14. The molecule has 0 radical (unpaired) electrons. The molecule has 0 saturated carbocycles. The summed E-state index contributed by atoms with van der Waals surface area (Å²) in [5.41, 5.74) is 0.673. The van der Waals surface area contributed by atoms with Crippen LogP contribution in [0.1, 0.15) is 16.8 Å². The first kappa shape index (κ1) is 49.7. The minimum absolute atomic E-state index is 0.0120. The van der Waals surface area contributed by atoms with Gasteiger partial charge in [-0.1, -0.05) is 6.07 Å². The first-order chi connectivity index (χ1) is 28.0. The molecule has 1 aromatic carbocycles. The Bertz CT molecular complexity index is 1220. The second kappa shape index (κ2) is 35.7. The lowest BCUT2D eigenvalue weighted by atomic mass is 10.1. The first-order valence-corrected chi connectivity index (χ1v) is 19.1. The van der Waals surface area contributed by atoms with E-state index in [1.807, 2.05) is 0 Å². The van der Waals surface area contributed by atoms with Crippen LogP contribution in [0.3, 0.4) is 0 Å². The number of aliphatic carboxylic acids is 1. The van der Waals surface area contributed by atoms with Gasteiger partial charge in [0.15, 0.2) is 0 Å². The van der Waals surface area contributed by atoms with Crippen molar-refractivity contribution in [3.63, 3.8) is 0 Å². The van der Waals surface area contributed by atoms with Gasteiger partial charge in [-0.3, -0.25) is 19.2 Å². The van der Waals surface area contributed by atoms with Gasteiger partial charge >= 0.3 is 5.97 Å². The number of carbonyl (C=O) groups is 4. The topological polar surface area (TPSA) is 215 Å². The Morgan fingerprint density at radius 3 is 1.12 bits per heavy atom. The summed E-state index contributed by atoms with van der Waals surface area (Å²) in [7, 11) is 0. The number of carboxylic acids is 1. The highest BCUT2D eigenvalue weighted by molar-refractivity contribution is 6.28. The van der Waals surface area contributed by atoms with Crippen molar-refractivity contribution in [2.75, 3.05) is 170 Å². The Labute approximate surface area is 334 Å². The van der Waals surface area contributed by atoms with Crippen LogP contribution in [-0.4, -0.2) is 194 Å². The third-order valence-electron chi connectivity index (χ3n) is 7.26. The summed E-state index contributed by atoms with van der Waals surface area (Å²) < 4.78 is 65.0. The number of nitrogens with zero attached hydrogens (tertiary/aromatic N) is 1. The summed E-state index contributed by atoms with van der Waals surface area (Å²) >= 11 is 0. The van der Waals surface area contributed by atoms with Crippen molar-refractivity contribution >= 4 is 29.4 Å². The van der Waals surface area contributed by atoms with Gasteiger partial charge in [0.05, 0.1) is 171 Å². The van der Waals surface area contributed by atoms with Gasteiger partial charge in [0, 0.05) is 24.3 Å². The number of hydrogen-bond acceptors (Lipinski definition) is 16. The Hall–Kier alpha value is -3.44. The highest BCUT2D eigenvalue weighted by Crippen LogP contribution is 2.20. The number of ether oxygens (including phenoxy) is 12. The normalized spacial score (nSPS) is 12.6. The zero-order valence-electron chi connectivity index (χ0n) is 32.8. The largest absolute Gasteiger partial charge is 0.481 e. The van der Waals surface area contributed by atoms with Gasteiger partial charge in [-0.2, -0.15) is 0 Å². The van der Waals surface area contributed by atoms with Gasteiger partial charge < -0.3 is 67.3 Å². The molecule has 0 fully saturated rings. The fourth-order valence-corrected chi connectivity index (χ4v) is 4.46. The van der Waals surface area contributed by atoms with E-state index < -0.39 is 17.8 Å². The number of carbonyl (C=O) groups excluding carboxylic acids is 3. The van der Waals surface area contributed by atoms with E-state index in [1.54, 1.807) is 18.2 Å². The van der Waals surface area contributed by atoms with Crippen molar-refractivity contribution in [1.29, 1.82) is 0 Å². The van der Waals surface area contributed by atoms with Crippen LogP contribution in [0.5, 0.6) is 0 Å². The maximum absolute atomic E-state index is 12.4. The molecule has 2 N–H and O–H groups in total. The number of carboxylic acid groups (broad SMARTS) is 1. The summed E-state index contributed by atoms with van der Waals surface area (Å²) in [6, 6.07) is 6.31. The van der Waals surface area contributed by atoms with E-state index in [0.717, 1.165) is 4.90 Å². The lowest BCUT2D eigenvalue weighted by Crippen LogP contribution is -2.30. The molecule has 0 aromatic heterocycles. The molecule has 19 nitrogen and oxygen atoms in total. The highest BCUT2D eigenvalue weighted by atomic mass is 16.6. The van der Waals surface area contributed by atoms with Crippen LogP contribution in [-0.2, 0) is 71.2 Å². The number of nitrogens with one attached hydrogen (secondary N) is 1. The Balaban J connectivity index is 1.19. The van der Waals surface area contributed by atoms with E-state index in [1.165, 1.54) is 18.2 Å². The van der Waals surface area contributed by atoms with Crippen molar-refractivity contribution in [3.8, 4) is 0 Å². The monoisotopic (exact) mass is 816 g/mol. The fraction of sp³-hybridized carbons (Fsp3) is 0.684. The van der Waals surface area contributed by atoms with Crippen molar-refractivity contribution < 1.29 is 81.1 Å². The average Bonchev–Trinajstić information content (AvgIpc) is 3.55. The van der Waals surface area contributed by atoms with E-state index in [-0.39, 0.29) is 18.9 Å². The van der Waals surface area contributed by atoms with Gasteiger partial charge in [-0.05, 0) is 18.2 Å². The minimum atomic E-state index is -0.882. The van der Waals surface area contributed by atoms with Gasteiger partial charge in [-0.15, -0.1) is 0 Å². The molecular formula is C38H60N2O17. The van der Waals surface area contributed by atoms with E-state index >= 15 is 0 Å². The van der Waals surface area contributed by atoms with Crippen LogP contribution in [0.25, 0.3) is 0 Å². The Morgan fingerprint density at radius 2 is 0.789 bits per heavy atom. The second-order valence-corrected chi connectivity index (χ2v) is 11.6. The molecular weight excluding hydrogens is 756 g/mol. The van der Waals surface area contributed by atoms with Crippen LogP contribution in [0, 0.1) is 0 Å². The zero-order chi connectivity index (χ0) is 40.9. The summed E-state index contributed by atoms with van der Waals surface area (Å²) in [6.45, 7) is 10.5. The molecule has 0 aliphatic carbocycles. The maximum Gasteiger partial charge on any atom is 0.305 e. The fourth-order valence-electron chi connectivity index (χ4n) is 4.46. The minimum Gasteiger partial charge on any atom is -0.481 e. The molecule has 1 aliphatic rings. The summed E-state index contributed by atoms with van der Waals surface area (Å²) in [5.74, 6) is -2.10. The van der Waals surface area contributed by atoms with E-state index in [0.29, 0.717) is 170 Å². The van der Waals surface area contributed by atoms with E-state index in [9.17, 15) is 19.2 Å². The first-order valence-electron chi connectivity index (χ1n) is 19.1. The van der Waals surface area contributed by atoms with Crippen LogP contribution in [0.15, 0.2) is 36.4 Å². The molecule has 0 bridgehead atoms.